The van der Waals surface area contributed by atoms with Crippen molar-refractivity contribution >= 4 is 17.2 Å². The van der Waals surface area contributed by atoms with Crippen LogP contribution >= 0.6 is 0 Å². The molecular weight excluding hydrogens is 346 g/mol. The lowest BCUT2D eigenvalue weighted by atomic mass is 10.2. The van der Waals surface area contributed by atoms with Crippen molar-refractivity contribution in [2.24, 2.45) is 4.40 Å². The van der Waals surface area contributed by atoms with Gasteiger partial charge in [0.2, 0.25) is 0 Å². The first kappa shape index (κ1) is 17.9. The third kappa shape index (κ3) is 4.80. The molecule has 132 valence electrons. The highest BCUT2D eigenvalue weighted by Gasteiger charge is 2.02. The van der Waals surface area contributed by atoms with Gasteiger partial charge in [-0.25, -0.2) is 4.21 Å². The van der Waals surface area contributed by atoms with E-state index in [1.165, 1.54) is 0 Å². The molecule has 0 heterocycles. The second-order valence-corrected chi connectivity index (χ2v) is 6.83. The van der Waals surface area contributed by atoms with Gasteiger partial charge in [0, 0.05) is 12.3 Å². The quantitative estimate of drug-likeness (QED) is 0.582. The second kappa shape index (κ2) is 8.45. The highest BCUT2D eigenvalue weighted by Crippen LogP contribution is 2.25. The van der Waals surface area contributed by atoms with Crippen LogP contribution in [0.2, 0.25) is 0 Å². The third-order valence-electron chi connectivity index (χ3n) is 3.68. The fourth-order valence-corrected chi connectivity index (χ4v) is 2.96. The Kier molecular flexibility index (Phi) is 5.81. The molecule has 26 heavy (non-hydrogen) atoms. The molecule has 0 aliphatic carbocycles. The molecular formula is C21H19NO3S. The Labute approximate surface area is 155 Å². The fourth-order valence-electron chi connectivity index (χ4n) is 2.25. The lowest BCUT2D eigenvalue weighted by Gasteiger charge is -2.07. The van der Waals surface area contributed by atoms with Crippen molar-refractivity contribution in [1.82, 2.24) is 0 Å². The largest absolute Gasteiger partial charge is 0.497 e. The van der Waals surface area contributed by atoms with E-state index in [1.54, 1.807) is 13.3 Å². The van der Waals surface area contributed by atoms with Gasteiger partial charge < -0.3 is 9.47 Å². The molecule has 0 bridgehead atoms. The molecule has 0 aliphatic rings. The van der Waals surface area contributed by atoms with E-state index in [4.69, 9.17) is 9.47 Å². The Morgan fingerprint density at radius 2 is 1.58 bits per heavy atom. The highest BCUT2D eigenvalue weighted by molar-refractivity contribution is 7.83. The summed E-state index contributed by atoms with van der Waals surface area (Å²) in [4.78, 5) is 0.685. The van der Waals surface area contributed by atoms with Gasteiger partial charge in [0.05, 0.1) is 12.0 Å². The van der Waals surface area contributed by atoms with Crippen LogP contribution in [0.5, 0.6) is 17.2 Å². The number of hydrogen-bond donors (Lipinski definition) is 0. The van der Waals surface area contributed by atoms with Gasteiger partial charge in [-0.3, -0.25) is 0 Å². The number of methoxy groups -OCH3 is 1. The van der Waals surface area contributed by atoms with Gasteiger partial charge >= 0.3 is 0 Å². The minimum Gasteiger partial charge on any atom is -0.497 e. The Morgan fingerprint density at radius 3 is 2.27 bits per heavy atom. The predicted molar refractivity (Wildman–Crippen MR) is 105 cm³/mol. The number of nitrogens with zero attached hydrogens (tertiary/aromatic N) is 1. The summed E-state index contributed by atoms with van der Waals surface area (Å²) in [6, 6.07) is 22.3. The smallest absolute Gasteiger partial charge is 0.172 e. The zero-order valence-corrected chi connectivity index (χ0v) is 15.4. The van der Waals surface area contributed by atoms with Crippen LogP contribution < -0.4 is 9.47 Å². The molecule has 0 radical (unpaired) electrons. The van der Waals surface area contributed by atoms with Gasteiger partial charge in [-0.2, -0.15) is 4.40 Å². The summed E-state index contributed by atoms with van der Waals surface area (Å²) < 4.78 is 27.3. The van der Waals surface area contributed by atoms with Crippen molar-refractivity contribution in [1.29, 1.82) is 0 Å². The molecule has 3 rings (SSSR count). The van der Waals surface area contributed by atoms with E-state index in [9.17, 15) is 4.21 Å². The molecule has 0 spiro atoms. The van der Waals surface area contributed by atoms with Crippen molar-refractivity contribution in [2.45, 2.75) is 11.8 Å². The molecule has 0 fully saturated rings. The molecule has 3 aromatic rings. The molecule has 0 unspecified atom stereocenters. The van der Waals surface area contributed by atoms with E-state index < -0.39 is 11.0 Å². The average molecular weight is 365 g/mol. The first-order valence-electron chi connectivity index (χ1n) is 8.08. The van der Waals surface area contributed by atoms with Crippen LogP contribution in [0.3, 0.4) is 0 Å². The molecule has 0 aliphatic heterocycles. The number of rotatable bonds is 6. The summed E-state index contributed by atoms with van der Waals surface area (Å²) in [6.45, 7) is 1.99. The van der Waals surface area contributed by atoms with Crippen molar-refractivity contribution in [2.75, 3.05) is 7.11 Å². The molecule has 0 N–H and O–H groups in total. The molecule has 3 aromatic carbocycles. The molecule has 0 amide bonds. The molecule has 0 saturated carbocycles. The Morgan fingerprint density at radius 1 is 0.885 bits per heavy atom. The maximum atomic E-state index is 12.2. The van der Waals surface area contributed by atoms with E-state index in [2.05, 4.69) is 4.40 Å². The van der Waals surface area contributed by atoms with Crippen LogP contribution in [-0.4, -0.2) is 17.5 Å². The van der Waals surface area contributed by atoms with Gasteiger partial charge in [0.15, 0.2) is 11.0 Å². The maximum absolute atomic E-state index is 12.2. The standard InChI is InChI=1S/C21H19NO3S/c1-16-6-12-21(13-7-16)26(23)22-15-17-8-10-18(11-9-17)25-20-5-3-4-19(14-20)24-2/h3-15H,1-2H3/b22-15+/t26-/m1/s1. The van der Waals surface area contributed by atoms with E-state index in [0.717, 1.165) is 16.9 Å². The Hall–Kier alpha value is -2.92. The monoisotopic (exact) mass is 365 g/mol. The Bertz CT molecular complexity index is 919. The predicted octanol–water partition coefficient (Wildman–Crippen LogP) is 4.94. The van der Waals surface area contributed by atoms with Crippen molar-refractivity contribution in [3.63, 3.8) is 0 Å². The van der Waals surface area contributed by atoms with E-state index in [-0.39, 0.29) is 0 Å². The van der Waals surface area contributed by atoms with Gasteiger partial charge in [-0.05, 0) is 61.0 Å². The number of benzene rings is 3. The number of hydrogen-bond acceptors (Lipinski definition) is 3. The van der Waals surface area contributed by atoms with E-state index >= 15 is 0 Å². The molecule has 1 atom stereocenters. The first-order chi connectivity index (χ1) is 12.6. The van der Waals surface area contributed by atoms with Gasteiger partial charge in [0.1, 0.15) is 17.2 Å². The summed E-state index contributed by atoms with van der Waals surface area (Å²) in [6.07, 6.45) is 1.60. The summed E-state index contributed by atoms with van der Waals surface area (Å²) in [5.41, 5.74) is 1.98. The highest BCUT2D eigenvalue weighted by atomic mass is 32.2. The van der Waals surface area contributed by atoms with Crippen LogP contribution in [-0.2, 0) is 11.0 Å². The summed E-state index contributed by atoms with van der Waals surface area (Å²) in [5.74, 6) is 2.14. The Balaban J connectivity index is 1.65. The van der Waals surface area contributed by atoms with Crippen molar-refractivity contribution < 1.29 is 13.7 Å². The lowest BCUT2D eigenvalue weighted by molar-refractivity contribution is 0.409. The average Bonchev–Trinajstić information content (AvgIpc) is 2.68. The molecule has 0 aromatic heterocycles. The van der Waals surface area contributed by atoms with Crippen molar-refractivity contribution in [3.8, 4) is 17.2 Å². The van der Waals surface area contributed by atoms with Crippen LogP contribution in [0.25, 0.3) is 0 Å². The van der Waals surface area contributed by atoms with Gasteiger partial charge in [-0.1, -0.05) is 23.8 Å². The molecule has 4 nitrogen and oxygen atoms in total. The van der Waals surface area contributed by atoms with Gasteiger partial charge in [-0.15, -0.1) is 0 Å². The first-order valence-corrected chi connectivity index (χ1v) is 9.19. The minimum absolute atomic E-state index is 0.685. The molecule has 5 heteroatoms. The number of ether oxygens (including phenoxy) is 2. The molecule has 0 saturated heterocycles. The topological polar surface area (TPSA) is 47.9 Å². The second-order valence-electron chi connectivity index (χ2n) is 5.65. The summed E-state index contributed by atoms with van der Waals surface area (Å²) in [7, 11) is 0.210. The van der Waals surface area contributed by atoms with E-state index in [0.29, 0.717) is 16.4 Å². The SMILES string of the molecule is COc1cccc(Oc2ccc(/C=N/[S@](=O)c3ccc(C)cc3)cc2)c1. The zero-order valence-electron chi connectivity index (χ0n) is 14.6. The normalized spacial score (nSPS) is 12.1. The van der Waals surface area contributed by atoms with E-state index in [1.807, 2.05) is 79.7 Å². The lowest BCUT2D eigenvalue weighted by Crippen LogP contribution is -1.90. The zero-order chi connectivity index (χ0) is 18.4. The summed E-state index contributed by atoms with van der Waals surface area (Å²) in [5, 5.41) is 0. The third-order valence-corrected chi connectivity index (χ3v) is 4.65. The maximum Gasteiger partial charge on any atom is 0.172 e. The van der Waals surface area contributed by atoms with Crippen LogP contribution in [0.15, 0.2) is 82.1 Å². The minimum atomic E-state index is -1.41. The summed E-state index contributed by atoms with van der Waals surface area (Å²) >= 11 is 0. The van der Waals surface area contributed by atoms with Crippen molar-refractivity contribution in [3.05, 3.63) is 83.9 Å². The van der Waals surface area contributed by atoms with Crippen LogP contribution in [0.4, 0.5) is 0 Å². The fraction of sp³-hybridized carbons (Fsp3) is 0.0952. The van der Waals surface area contributed by atoms with Crippen LogP contribution in [0.1, 0.15) is 11.1 Å². The van der Waals surface area contributed by atoms with Gasteiger partial charge in [0.25, 0.3) is 0 Å². The number of aryl methyl sites for hydroxylation is 1. The van der Waals surface area contributed by atoms with Crippen LogP contribution in [0, 0.1) is 6.92 Å².